The Labute approximate surface area is 155 Å². The van der Waals surface area contributed by atoms with Crippen LogP contribution in [-0.2, 0) is 14.3 Å². The average molecular weight is 364 g/mol. The Kier molecular flexibility index (Phi) is 7.36. The number of rotatable bonds is 6. The minimum Gasteiger partial charge on any atom is -0.452 e. The fourth-order valence-corrected chi connectivity index (χ4v) is 3.84. The maximum atomic E-state index is 12.3. The van der Waals surface area contributed by atoms with Gasteiger partial charge in [-0.25, -0.2) is 0 Å². The Morgan fingerprint density at radius 1 is 1.24 bits per heavy atom. The van der Waals surface area contributed by atoms with E-state index in [9.17, 15) is 9.59 Å². The highest BCUT2D eigenvalue weighted by Crippen LogP contribution is 2.24. The molecule has 1 fully saturated rings. The molecule has 0 spiro atoms. The quantitative estimate of drug-likeness (QED) is 0.613. The predicted molar refractivity (Wildman–Crippen MR) is 102 cm³/mol. The smallest absolute Gasteiger partial charge is 0.317 e. The van der Waals surface area contributed by atoms with Gasteiger partial charge in [-0.2, -0.15) is 0 Å². The summed E-state index contributed by atoms with van der Waals surface area (Å²) in [6, 6.07) is 6.31. The van der Waals surface area contributed by atoms with Crippen LogP contribution in [0.4, 0.5) is 0 Å². The molecule has 1 aliphatic rings. The van der Waals surface area contributed by atoms with E-state index in [-0.39, 0.29) is 23.7 Å². The minimum absolute atomic E-state index is 0.191. The van der Waals surface area contributed by atoms with Gasteiger partial charge in [-0.05, 0) is 62.8 Å². The van der Waals surface area contributed by atoms with Crippen molar-refractivity contribution < 1.29 is 14.3 Å². The van der Waals surface area contributed by atoms with E-state index in [4.69, 9.17) is 4.74 Å². The van der Waals surface area contributed by atoms with Crippen LogP contribution < -0.4 is 5.32 Å². The minimum atomic E-state index is -0.748. The lowest BCUT2D eigenvalue weighted by Crippen LogP contribution is -2.46. The third-order valence-electron chi connectivity index (χ3n) is 4.95. The first-order valence-electron chi connectivity index (χ1n) is 9.06. The number of esters is 1. The van der Waals surface area contributed by atoms with Crippen molar-refractivity contribution in [3.05, 3.63) is 29.3 Å². The van der Waals surface area contributed by atoms with Gasteiger partial charge in [0.2, 0.25) is 0 Å². The van der Waals surface area contributed by atoms with E-state index in [1.807, 2.05) is 12.1 Å². The molecular weight excluding hydrogens is 334 g/mol. The highest BCUT2D eigenvalue weighted by Gasteiger charge is 2.26. The molecule has 0 bridgehead atoms. The Hall–Kier alpha value is -1.49. The molecule has 0 aromatic heterocycles. The molecule has 1 aliphatic carbocycles. The third kappa shape index (κ3) is 6.07. The van der Waals surface area contributed by atoms with Crippen LogP contribution in [0.25, 0.3) is 0 Å². The summed E-state index contributed by atoms with van der Waals surface area (Å²) in [5.41, 5.74) is 2.43. The van der Waals surface area contributed by atoms with Crippen LogP contribution in [0.15, 0.2) is 23.1 Å². The normalized spacial score (nSPS) is 21.4. The summed E-state index contributed by atoms with van der Waals surface area (Å²) in [6.07, 6.45) is 3.79. The number of hydrogen-bond acceptors (Lipinski definition) is 4. The molecule has 4 nitrogen and oxygen atoms in total. The lowest BCUT2D eigenvalue weighted by atomic mass is 9.86. The SMILES string of the molecule is Cc1ccc(SCC(=O)O[C@H](C)C(=O)N[C@H]2CCCC[C@@H]2C)cc1C. The molecule has 1 N–H and O–H groups in total. The zero-order valence-electron chi connectivity index (χ0n) is 15.6. The molecule has 1 saturated carbocycles. The van der Waals surface area contributed by atoms with E-state index in [2.05, 4.69) is 32.2 Å². The van der Waals surface area contributed by atoms with E-state index in [1.165, 1.54) is 29.3 Å². The van der Waals surface area contributed by atoms with Gasteiger partial charge in [0.15, 0.2) is 6.10 Å². The van der Waals surface area contributed by atoms with Crippen LogP contribution in [-0.4, -0.2) is 29.8 Å². The first kappa shape index (κ1) is 19.8. The molecule has 2 rings (SSSR count). The Balaban J connectivity index is 1.76. The lowest BCUT2D eigenvalue weighted by Gasteiger charge is -2.30. The van der Waals surface area contributed by atoms with Crippen molar-refractivity contribution in [2.45, 2.75) is 70.4 Å². The molecule has 0 radical (unpaired) electrons. The molecule has 0 heterocycles. The van der Waals surface area contributed by atoms with Gasteiger partial charge in [0, 0.05) is 10.9 Å². The van der Waals surface area contributed by atoms with E-state index < -0.39 is 6.10 Å². The first-order chi connectivity index (χ1) is 11.9. The number of carbonyl (C=O) groups excluding carboxylic acids is 2. The second kappa shape index (κ2) is 9.27. The maximum absolute atomic E-state index is 12.3. The van der Waals surface area contributed by atoms with Gasteiger partial charge in [-0.15, -0.1) is 11.8 Å². The summed E-state index contributed by atoms with van der Waals surface area (Å²) in [5, 5.41) is 3.04. The molecule has 1 aromatic carbocycles. The molecular formula is C20H29NO3S. The van der Waals surface area contributed by atoms with Crippen LogP contribution in [0.1, 0.15) is 50.7 Å². The van der Waals surface area contributed by atoms with Crippen molar-refractivity contribution in [1.82, 2.24) is 5.32 Å². The van der Waals surface area contributed by atoms with Crippen molar-refractivity contribution in [2.75, 3.05) is 5.75 Å². The second-order valence-electron chi connectivity index (χ2n) is 7.04. The summed E-state index contributed by atoms with van der Waals surface area (Å²) in [6.45, 7) is 7.92. The Morgan fingerprint density at radius 3 is 2.64 bits per heavy atom. The van der Waals surface area contributed by atoms with Gasteiger partial charge < -0.3 is 10.1 Å². The number of hydrogen-bond donors (Lipinski definition) is 1. The van der Waals surface area contributed by atoms with Gasteiger partial charge in [0.25, 0.3) is 5.91 Å². The van der Waals surface area contributed by atoms with Crippen LogP contribution in [0.2, 0.25) is 0 Å². The van der Waals surface area contributed by atoms with Gasteiger partial charge >= 0.3 is 5.97 Å². The number of nitrogens with one attached hydrogen (secondary N) is 1. The average Bonchev–Trinajstić information content (AvgIpc) is 2.58. The van der Waals surface area contributed by atoms with E-state index in [1.54, 1.807) is 6.92 Å². The highest BCUT2D eigenvalue weighted by atomic mass is 32.2. The summed E-state index contributed by atoms with van der Waals surface area (Å²) in [7, 11) is 0. The standard InChI is InChI=1S/C20H29NO3S/c1-13-9-10-17(11-15(13)3)25-12-19(22)24-16(4)20(23)21-18-8-6-5-7-14(18)2/h9-11,14,16,18H,5-8,12H2,1-4H3,(H,21,23)/t14-,16+,18-/m0/s1. The zero-order chi connectivity index (χ0) is 18.4. The number of benzene rings is 1. The number of amides is 1. The topological polar surface area (TPSA) is 55.4 Å². The monoisotopic (exact) mass is 363 g/mol. The third-order valence-corrected chi connectivity index (χ3v) is 5.92. The summed E-state index contributed by atoms with van der Waals surface area (Å²) < 4.78 is 5.29. The molecule has 0 aliphatic heterocycles. The van der Waals surface area contributed by atoms with E-state index in [0.29, 0.717) is 5.92 Å². The van der Waals surface area contributed by atoms with Crippen LogP contribution >= 0.6 is 11.8 Å². The van der Waals surface area contributed by atoms with Crippen molar-refractivity contribution in [2.24, 2.45) is 5.92 Å². The lowest BCUT2D eigenvalue weighted by molar-refractivity contribution is -0.152. The van der Waals surface area contributed by atoms with Gasteiger partial charge in [-0.1, -0.05) is 25.8 Å². The van der Waals surface area contributed by atoms with Crippen LogP contribution in [0, 0.1) is 19.8 Å². The van der Waals surface area contributed by atoms with Crippen molar-refractivity contribution >= 4 is 23.6 Å². The van der Waals surface area contributed by atoms with Gasteiger partial charge in [-0.3, -0.25) is 9.59 Å². The summed E-state index contributed by atoms with van der Waals surface area (Å²) in [4.78, 5) is 25.3. The summed E-state index contributed by atoms with van der Waals surface area (Å²) >= 11 is 1.43. The zero-order valence-corrected chi connectivity index (χ0v) is 16.4. The molecule has 3 atom stereocenters. The van der Waals surface area contributed by atoms with E-state index in [0.717, 1.165) is 24.2 Å². The van der Waals surface area contributed by atoms with Crippen molar-refractivity contribution in [1.29, 1.82) is 0 Å². The molecule has 0 unspecified atom stereocenters. The molecule has 1 aromatic rings. The van der Waals surface area contributed by atoms with Gasteiger partial charge in [0.1, 0.15) is 0 Å². The molecule has 0 saturated heterocycles. The summed E-state index contributed by atoms with van der Waals surface area (Å²) in [5.74, 6) is 0.145. The fourth-order valence-electron chi connectivity index (χ4n) is 3.06. The fraction of sp³-hybridized carbons (Fsp3) is 0.600. The van der Waals surface area contributed by atoms with Crippen LogP contribution in [0.3, 0.4) is 0 Å². The molecule has 138 valence electrons. The number of aryl methyl sites for hydroxylation is 2. The highest BCUT2D eigenvalue weighted by molar-refractivity contribution is 8.00. The molecule has 25 heavy (non-hydrogen) atoms. The van der Waals surface area contributed by atoms with Crippen LogP contribution in [0.5, 0.6) is 0 Å². The first-order valence-corrected chi connectivity index (χ1v) is 10.0. The number of thioether (sulfide) groups is 1. The molecule has 1 amide bonds. The Morgan fingerprint density at radius 2 is 1.96 bits per heavy atom. The molecule has 5 heteroatoms. The predicted octanol–water partition coefficient (Wildman–Crippen LogP) is 4.02. The maximum Gasteiger partial charge on any atom is 0.317 e. The Bertz CT molecular complexity index is 617. The number of carbonyl (C=O) groups is 2. The largest absolute Gasteiger partial charge is 0.452 e. The number of ether oxygens (including phenoxy) is 1. The van der Waals surface area contributed by atoms with E-state index >= 15 is 0 Å². The van der Waals surface area contributed by atoms with Crippen molar-refractivity contribution in [3.8, 4) is 0 Å². The second-order valence-corrected chi connectivity index (χ2v) is 8.09. The van der Waals surface area contributed by atoms with Crippen molar-refractivity contribution in [3.63, 3.8) is 0 Å². The van der Waals surface area contributed by atoms with Gasteiger partial charge in [0.05, 0.1) is 5.75 Å².